The van der Waals surface area contributed by atoms with Crippen LogP contribution < -0.4 is 11.1 Å². The summed E-state index contributed by atoms with van der Waals surface area (Å²) in [6.07, 6.45) is 3.63. The number of amides is 1. The van der Waals surface area contributed by atoms with Gasteiger partial charge in [-0.1, -0.05) is 33.8 Å². The third-order valence-electron chi connectivity index (χ3n) is 2.97. The predicted octanol–water partition coefficient (Wildman–Crippen LogP) is 1.80. The second-order valence-electron chi connectivity index (χ2n) is 5.27. The molecule has 1 amide bonds. The molecule has 0 aliphatic rings. The zero-order valence-corrected chi connectivity index (χ0v) is 11.6. The lowest BCUT2D eigenvalue weighted by Gasteiger charge is -2.15. The van der Waals surface area contributed by atoms with E-state index in [1.807, 2.05) is 20.0 Å². The predicted molar refractivity (Wildman–Crippen MR) is 73.0 cm³/mol. The number of rotatable bonds is 5. The maximum Gasteiger partial charge on any atom is 0.237 e. The number of aromatic nitrogens is 1. The van der Waals surface area contributed by atoms with Gasteiger partial charge in [0.05, 0.1) is 6.04 Å². The second-order valence-corrected chi connectivity index (χ2v) is 5.27. The van der Waals surface area contributed by atoms with Crippen LogP contribution in [0.1, 0.15) is 44.7 Å². The Balaban J connectivity index is 2.58. The molecular formula is C14H23N3O. The van der Waals surface area contributed by atoms with Gasteiger partial charge >= 0.3 is 0 Å². The Morgan fingerprint density at radius 2 is 2.00 bits per heavy atom. The highest BCUT2D eigenvalue weighted by atomic mass is 16.2. The van der Waals surface area contributed by atoms with Gasteiger partial charge in [0.15, 0.2) is 0 Å². The zero-order chi connectivity index (χ0) is 13.7. The van der Waals surface area contributed by atoms with E-state index in [4.69, 9.17) is 5.73 Å². The number of hydrogen-bond donors (Lipinski definition) is 2. The number of carbonyl (C=O) groups excluding carboxylic acids is 1. The van der Waals surface area contributed by atoms with Gasteiger partial charge in [-0.2, -0.15) is 0 Å². The van der Waals surface area contributed by atoms with Crippen LogP contribution in [0.15, 0.2) is 18.5 Å². The van der Waals surface area contributed by atoms with Gasteiger partial charge in [0.1, 0.15) is 0 Å². The summed E-state index contributed by atoms with van der Waals surface area (Å²) in [6, 6.07) is 1.62. The third-order valence-corrected chi connectivity index (χ3v) is 2.97. The topological polar surface area (TPSA) is 68.0 Å². The molecule has 1 aromatic rings. The molecule has 1 rings (SSSR count). The van der Waals surface area contributed by atoms with Crippen molar-refractivity contribution in [2.75, 3.05) is 0 Å². The van der Waals surface area contributed by atoms with E-state index in [-0.39, 0.29) is 11.8 Å². The molecule has 0 aliphatic heterocycles. The molecular weight excluding hydrogens is 226 g/mol. The minimum Gasteiger partial charge on any atom is -0.351 e. The van der Waals surface area contributed by atoms with Crippen LogP contribution in [0.5, 0.6) is 0 Å². The van der Waals surface area contributed by atoms with Crippen LogP contribution >= 0.6 is 0 Å². The minimum atomic E-state index is -0.453. The van der Waals surface area contributed by atoms with Crippen LogP contribution in [-0.4, -0.2) is 16.9 Å². The molecule has 0 unspecified atom stereocenters. The number of carbonyl (C=O) groups is 1. The van der Waals surface area contributed by atoms with Crippen LogP contribution in [-0.2, 0) is 11.3 Å². The van der Waals surface area contributed by atoms with E-state index in [2.05, 4.69) is 30.2 Å². The van der Waals surface area contributed by atoms with Crippen molar-refractivity contribution in [3.63, 3.8) is 0 Å². The molecule has 3 N–H and O–H groups in total. The molecule has 1 atom stereocenters. The molecule has 4 heteroatoms. The number of nitrogens with one attached hydrogen (secondary N) is 1. The average Bonchev–Trinajstić information content (AvgIpc) is 2.35. The van der Waals surface area contributed by atoms with Crippen LogP contribution in [0.2, 0.25) is 0 Å². The van der Waals surface area contributed by atoms with Crippen LogP contribution in [0.3, 0.4) is 0 Å². The molecule has 0 aromatic carbocycles. The van der Waals surface area contributed by atoms with Crippen LogP contribution in [0.4, 0.5) is 0 Å². The Hall–Kier alpha value is -1.42. The first-order valence-corrected chi connectivity index (χ1v) is 6.39. The standard InChI is InChI=1S/C14H23N3O/c1-9(2)12-5-11(6-16-8-12)7-17-14(18)13(15)10(3)4/h5-6,8-10,13H,7,15H2,1-4H3,(H,17,18)/t13-/m0/s1. The summed E-state index contributed by atoms with van der Waals surface area (Å²) in [6.45, 7) is 8.59. The van der Waals surface area contributed by atoms with E-state index in [1.165, 1.54) is 5.56 Å². The highest BCUT2D eigenvalue weighted by molar-refractivity contribution is 5.81. The van der Waals surface area contributed by atoms with Gasteiger partial charge in [-0.3, -0.25) is 9.78 Å². The Labute approximate surface area is 109 Å². The van der Waals surface area contributed by atoms with Gasteiger partial charge in [-0.15, -0.1) is 0 Å². The van der Waals surface area contributed by atoms with Gasteiger partial charge in [0.25, 0.3) is 0 Å². The lowest BCUT2D eigenvalue weighted by Crippen LogP contribution is -2.43. The van der Waals surface area contributed by atoms with E-state index in [1.54, 1.807) is 6.20 Å². The van der Waals surface area contributed by atoms with Crippen molar-refractivity contribution in [3.05, 3.63) is 29.6 Å². The summed E-state index contributed by atoms with van der Waals surface area (Å²) in [5, 5.41) is 2.84. The Kier molecular flexibility index (Phi) is 5.28. The van der Waals surface area contributed by atoms with Crippen LogP contribution in [0, 0.1) is 5.92 Å². The fraction of sp³-hybridized carbons (Fsp3) is 0.571. The smallest absolute Gasteiger partial charge is 0.237 e. The average molecular weight is 249 g/mol. The first-order valence-electron chi connectivity index (χ1n) is 6.39. The van der Waals surface area contributed by atoms with Gasteiger partial charge in [-0.25, -0.2) is 0 Å². The van der Waals surface area contributed by atoms with E-state index < -0.39 is 6.04 Å². The molecule has 18 heavy (non-hydrogen) atoms. The first kappa shape index (κ1) is 14.6. The Morgan fingerprint density at radius 1 is 1.33 bits per heavy atom. The van der Waals surface area contributed by atoms with Crippen molar-refractivity contribution in [3.8, 4) is 0 Å². The van der Waals surface area contributed by atoms with E-state index in [0.717, 1.165) is 5.56 Å². The molecule has 0 bridgehead atoms. The Bertz CT molecular complexity index is 402. The molecule has 0 aliphatic carbocycles. The summed E-state index contributed by atoms with van der Waals surface area (Å²) in [7, 11) is 0. The number of nitrogens with two attached hydrogens (primary N) is 1. The molecule has 4 nitrogen and oxygen atoms in total. The monoisotopic (exact) mass is 249 g/mol. The largest absolute Gasteiger partial charge is 0.351 e. The van der Waals surface area contributed by atoms with Gasteiger partial charge in [0.2, 0.25) is 5.91 Å². The lowest BCUT2D eigenvalue weighted by molar-refractivity contribution is -0.123. The van der Waals surface area contributed by atoms with E-state index in [9.17, 15) is 4.79 Å². The number of nitrogens with zero attached hydrogens (tertiary/aromatic N) is 1. The quantitative estimate of drug-likeness (QED) is 0.836. The summed E-state index contributed by atoms with van der Waals surface area (Å²) in [5.41, 5.74) is 7.96. The second kappa shape index (κ2) is 6.50. The maximum absolute atomic E-state index is 11.7. The first-order chi connectivity index (χ1) is 8.41. The maximum atomic E-state index is 11.7. The minimum absolute atomic E-state index is 0.111. The van der Waals surface area contributed by atoms with Crippen molar-refractivity contribution in [1.29, 1.82) is 0 Å². The van der Waals surface area contributed by atoms with Crippen molar-refractivity contribution in [2.45, 2.75) is 46.2 Å². The third kappa shape index (κ3) is 4.11. The van der Waals surface area contributed by atoms with E-state index in [0.29, 0.717) is 12.5 Å². The number of hydrogen-bond acceptors (Lipinski definition) is 3. The highest BCUT2D eigenvalue weighted by Crippen LogP contribution is 2.13. The molecule has 1 aromatic heterocycles. The van der Waals surface area contributed by atoms with Crippen molar-refractivity contribution >= 4 is 5.91 Å². The number of pyridine rings is 1. The molecule has 0 fully saturated rings. The molecule has 0 saturated heterocycles. The summed E-state index contributed by atoms with van der Waals surface area (Å²) in [4.78, 5) is 15.9. The normalized spacial score (nSPS) is 12.8. The SMILES string of the molecule is CC(C)c1cncc(CNC(=O)[C@@H](N)C(C)C)c1. The molecule has 0 spiro atoms. The van der Waals surface area contributed by atoms with Crippen LogP contribution in [0.25, 0.3) is 0 Å². The molecule has 1 heterocycles. The zero-order valence-electron chi connectivity index (χ0n) is 11.6. The van der Waals surface area contributed by atoms with E-state index >= 15 is 0 Å². The molecule has 0 saturated carbocycles. The van der Waals surface area contributed by atoms with Gasteiger partial charge in [-0.05, 0) is 23.0 Å². The van der Waals surface area contributed by atoms with Gasteiger partial charge < -0.3 is 11.1 Å². The summed E-state index contributed by atoms with van der Waals surface area (Å²) in [5.74, 6) is 0.469. The fourth-order valence-corrected chi connectivity index (χ4v) is 1.53. The fourth-order valence-electron chi connectivity index (χ4n) is 1.53. The summed E-state index contributed by atoms with van der Waals surface area (Å²) < 4.78 is 0. The highest BCUT2D eigenvalue weighted by Gasteiger charge is 2.16. The lowest BCUT2D eigenvalue weighted by atomic mass is 10.0. The van der Waals surface area contributed by atoms with Gasteiger partial charge in [0, 0.05) is 18.9 Å². The summed E-state index contributed by atoms with van der Waals surface area (Å²) >= 11 is 0. The Morgan fingerprint density at radius 3 is 2.56 bits per heavy atom. The van der Waals surface area contributed by atoms with Crippen molar-refractivity contribution in [1.82, 2.24) is 10.3 Å². The van der Waals surface area contributed by atoms with Crippen molar-refractivity contribution < 1.29 is 4.79 Å². The molecule has 100 valence electrons. The van der Waals surface area contributed by atoms with Crippen molar-refractivity contribution in [2.24, 2.45) is 11.7 Å². The molecule has 0 radical (unpaired) electrons.